The van der Waals surface area contributed by atoms with Crippen LogP contribution in [0.5, 0.6) is 0 Å². The predicted molar refractivity (Wildman–Crippen MR) is 65.7 cm³/mol. The first-order valence-electron chi connectivity index (χ1n) is 5.78. The summed E-state index contributed by atoms with van der Waals surface area (Å²) in [7, 11) is 0. The second kappa shape index (κ2) is 6.53. The Morgan fingerprint density at radius 2 is 2.16 bits per heavy atom. The zero-order valence-electron chi connectivity index (χ0n) is 10.7. The van der Waals surface area contributed by atoms with E-state index < -0.39 is 16.8 Å². The number of ether oxygens (including phenoxy) is 1. The third-order valence-corrected chi connectivity index (χ3v) is 2.36. The van der Waals surface area contributed by atoms with Gasteiger partial charge in [0.2, 0.25) is 0 Å². The van der Waals surface area contributed by atoms with Gasteiger partial charge in [-0.25, -0.2) is 0 Å². The molecule has 0 aliphatic carbocycles. The van der Waals surface area contributed by atoms with Crippen LogP contribution in [0.4, 0.5) is 5.69 Å². The van der Waals surface area contributed by atoms with Gasteiger partial charge in [0.05, 0.1) is 17.7 Å². The number of carbonyl (C=O) groups is 2. The summed E-state index contributed by atoms with van der Waals surface area (Å²) in [5.41, 5.74) is -0.0263. The molecule has 0 aliphatic rings. The molecule has 0 saturated carbocycles. The molecule has 0 spiro atoms. The van der Waals surface area contributed by atoms with Crippen molar-refractivity contribution in [3.8, 4) is 0 Å². The molecule has 104 valence electrons. The third-order valence-electron chi connectivity index (χ3n) is 2.36. The van der Waals surface area contributed by atoms with Crippen molar-refractivity contribution in [2.75, 3.05) is 13.2 Å². The summed E-state index contributed by atoms with van der Waals surface area (Å²) < 4.78 is 6.10. The lowest BCUT2D eigenvalue weighted by molar-refractivity contribution is -0.384. The maximum atomic E-state index is 11.8. The molecule has 0 radical (unpaired) electrons. The van der Waals surface area contributed by atoms with Crippen LogP contribution in [-0.4, -0.2) is 34.5 Å². The van der Waals surface area contributed by atoms with Gasteiger partial charge in [0, 0.05) is 12.6 Å². The van der Waals surface area contributed by atoms with Gasteiger partial charge in [0.1, 0.15) is 12.2 Å². The Morgan fingerprint density at radius 1 is 1.47 bits per heavy atom. The van der Waals surface area contributed by atoms with E-state index in [1.54, 1.807) is 13.8 Å². The lowest BCUT2D eigenvalue weighted by Crippen LogP contribution is -2.31. The molecule has 0 atom stereocenters. The molecule has 0 saturated heterocycles. The second-order valence-corrected chi connectivity index (χ2v) is 3.61. The van der Waals surface area contributed by atoms with Gasteiger partial charge in [-0.3, -0.25) is 19.7 Å². The first-order valence-corrected chi connectivity index (χ1v) is 5.78. The molecule has 8 nitrogen and oxygen atoms in total. The number of aromatic nitrogens is 1. The fourth-order valence-electron chi connectivity index (χ4n) is 1.50. The van der Waals surface area contributed by atoms with E-state index in [-0.39, 0.29) is 24.5 Å². The molecule has 0 unspecified atom stereocenters. The Morgan fingerprint density at radius 3 is 2.68 bits per heavy atom. The molecule has 1 aromatic heterocycles. The highest BCUT2D eigenvalue weighted by Crippen LogP contribution is 2.16. The van der Waals surface area contributed by atoms with Gasteiger partial charge in [-0.15, -0.1) is 0 Å². The fourth-order valence-corrected chi connectivity index (χ4v) is 1.50. The van der Waals surface area contributed by atoms with Crippen LogP contribution in [0.15, 0.2) is 12.3 Å². The number of aryl methyl sites for hydroxylation is 1. The Kier molecular flexibility index (Phi) is 5.04. The molecule has 0 aliphatic heterocycles. The third kappa shape index (κ3) is 3.80. The van der Waals surface area contributed by atoms with E-state index in [0.29, 0.717) is 6.54 Å². The quantitative estimate of drug-likeness (QED) is 0.465. The molecular weight excluding hydrogens is 254 g/mol. The molecule has 1 aromatic rings. The summed E-state index contributed by atoms with van der Waals surface area (Å²) in [4.78, 5) is 33.0. The molecule has 1 heterocycles. The number of carbonyl (C=O) groups excluding carboxylic acids is 2. The molecule has 0 bridgehead atoms. The molecule has 1 amide bonds. The molecular formula is C11H15N3O5. The summed E-state index contributed by atoms with van der Waals surface area (Å²) in [6.07, 6.45) is 1.28. The van der Waals surface area contributed by atoms with E-state index in [9.17, 15) is 19.7 Å². The van der Waals surface area contributed by atoms with Gasteiger partial charge in [-0.1, -0.05) is 0 Å². The van der Waals surface area contributed by atoms with Gasteiger partial charge in [-0.05, 0) is 13.8 Å². The summed E-state index contributed by atoms with van der Waals surface area (Å²) in [5, 5.41) is 13.0. The van der Waals surface area contributed by atoms with Crippen LogP contribution in [0, 0.1) is 10.1 Å². The number of nitrogens with one attached hydrogen (secondary N) is 1. The zero-order valence-corrected chi connectivity index (χ0v) is 10.7. The number of hydrogen-bond acceptors (Lipinski definition) is 5. The predicted octanol–water partition coefficient (Wildman–Crippen LogP) is 0.709. The largest absolute Gasteiger partial charge is 0.465 e. The average Bonchev–Trinajstić information content (AvgIpc) is 2.80. The second-order valence-electron chi connectivity index (χ2n) is 3.61. The summed E-state index contributed by atoms with van der Waals surface area (Å²) in [6.45, 7) is 3.79. The zero-order chi connectivity index (χ0) is 14.4. The van der Waals surface area contributed by atoms with E-state index in [1.165, 1.54) is 16.8 Å². The normalized spacial score (nSPS) is 10.0. The van der Waals surface area contributed by atoms with Crippen molar-refractivity contribution in [3.63, 3.8) is 0 Å². The minimum absolute atomic E-state index is 0.137. The minimum atomic E-state index is -0.575. The van der Waals surface area contributed by atoms with Crippen molar-refractivity contribution >= 4 is 17.6 Å². The number of rotatable bonds is 6. The molecule has 1 rings (SSSR count). The van der Waals surface area contributed by atoms with Crippen LogP contribution in [-0.2, 0) is 16.1 Å². The number of nitrogens with zero attached hydrogens (tertiary/aromatic N) is 2. The Hall–Kier alpha value is -2.38. The van der Waals surface area contributed by atoms with Gasteiger partial charge in [0.25, 0.3) is 11.6 Å². The molecule has 19 heavy (non-hydrogen) atoms. The van der Waals surface area contributed by atoms with Crippen LogP contribution in [0.3, 0.4) is 0 Å². The average molecular weight is 269 g/mol. The fraction of sp³-hybridized carbons (Fsp3) is 0.455. The Balaban J connectivity index is 2.76. The van der Waals surface area contributed by atoms with Gasteiger partial charge < -0.3 is 14.6 Å². The molecule has 0 fully saturated rings. The minimum Gasteiger partial charge on any atom is -0.465 e. The lowest BCUT2D eigenvalue weighted by atomic mass is 10.3. The Bertz CT molecular complexity index is 495. The van der Waals surface area contributed by atoms with Crippen molar-refractivity contribution in [2.24, 2.45) is 0 Å². The summed E-state index contributed by atoms with van der Waals surface area (Å²) >= 11 is 0. The van der Waals surface area contributed by atoms with Crippen molar-refractivity contribution in [3.05, 3.63) is 28.1 Å². The monoisotopic (exact) mass is 269 g/mol. The highest BCUT2D eigenvalue weighted by Gasteiger charge is 2.19. The van der Waals surface area contributed by atoms with Crippen LogP contribution in [0.1, 0.15) is 24.3 Å². The maximum absolute atomic E-state index is 11.8. The van der Waals surface area contributed by atoms with Gasteiger partial charge >= 0.3 is 5.97 Å². The van der Waals surface area contributed by atoms with E-state index in [4.69, 9.17) is 0 Å². The molecule has 0 aromatic carbocycles. The maximum Gasteiger partial charge on any atom is 0.325 e. The van der Waals surface area contributed by atoms with Gasteiger partial charge in [0.15, 0.2) is 0 Å². The lowest BCUT2D eigenvalue weighted by Gasteiger charge is -2.06. The van der Waals surface area contributed by atoms with Gasteiger partial charge in [-0.2, -0.15) is 0 Å². The first-order chi connectivity index (χ1) is 8.99. The number of esters is 1. The first kappa shape index (κ1) is 14.7. The van der Waals surface area contributed by atoms with Crippen LogP contribution >= 0.6 is 0 Å². The van der Waals surface area contributed by atoms with Crippen molar-refractivity contribution in [2.45, 2.75) is 20.4 Å². The van der Waals surface area contributed by atoms with E-state index in [2.05, 4.69) is 10.1 Å². The highest BCUT2D eigenvalue weighted by atomic mass is 16.6. The van der Waals surface area contributed by atoms with Crippen LogP contribution in [0.25, 0.3) is 0 Å². The van der Waals surface area contributed by atoms with Crippen molar-refractivity contribution in [1.82, 2.24) is 9.88 Å². The standard InChI is InChI=1S/C11H15N3O5/c1-3-13-7-8(14(17)18)5-9(13)11(16)12-6-10(15)19-4-2/h5,7H,3-4,6H2,1-2H3,(H,12,16). The number of amides is 1. The van der Waals surface area contributed by atoms with E-state index in [0.717, 1.165) is 0 Å². The van der Waals surface area contributed by atoms with Crippen LogP contribution < -0.4 is 5.32 Å². The SMILES string of the molecule is CCOC(=O)CNC(=O)c1cc([N+](=O)[O-])cn1CC. The van der Waals surface area contributed by atoms with Crippen LogP contribution in [0.2, 0.25) is 0 Å². The summed E-state index contributed by atoms with van der Waals surface area (Å²) in [5.74, 6) is -1.11. The van der Waals surface area contributed by atoms with E-state index >= 15 is 0 Å². The topological polar surface area (TPSA) is 103 Å². The molecule has 1 N–H and O–H groups in total. The number of hydrogen-bond donors (Lipinski definition) is 1. The number of nitro groups is 1. The summed E-state index contributed by atoms with van der Waals surface area (Å²) in [6, 6.07) is 1.17. The molecule has 8 heteroatoms. The van der Waals surface area contributed by atoms with Crippen molar-refractivity contribution < 1.29 is 19.2 Å². The van der Waals surface area contributed by atoms with E-state index in [1.807, 2.05) is 0 Å². The Labute approximate surface area is 109 Å². The smallest absolute Gasteiger partial charge is 0.325 e. The highest BCUT2D eigenvalue weighted by molar-refractivity contribution is 5.95. The van der Waals surface area contributed by atoms with Crippen molar-refractivity contribution in [1.29, 1.82) is 0 Å².